The van der Waals surface area contributed by atoms with E-state index in [0.717, 1.165) is 12.0 Å². The molecule has 1 N–H and O–H groups in total. The van der Waals surface area contributed by atoms with Crippen molar-refractivity contribution >= 4 is 12.0 Å². The van der Waals surface area contributed by atoms with Crippen molar-refractivity contribution in [2.75, 3.05) is 11.9 Å². The van der Waals surface area contributed by atoms with Crippen LogP contribution in [-0.2, 0) is 4.79 Å². The topological polar surface area (TPSA) is 29.1 Å². The third-order valence-corrected chi connectivity index (χ3v) is 2.62. The van der Waals surface area contributed by atoms with Crippen LogP contribution in [0.1, 0.15) is 39.2 Å². The normalized spacial score (nSPS) is 11.6. The highest BCUT2D eigenvalue weighted by molar-refractivity contribution is 5.60. The Morgan fingerprint density at radius 2 is 2.06 bits per heavy atom. The van der Waals surface area contributed by atoms with E-state index in [4.69, 9.17) is 0 Å². The van der Waals surface area contributed by atoms with Gasteiger partial charge in [-0.25, -0.2) is 0 Å². The van der Waals surface area contributed by atoms with Gasteiger partial charge in [-0.2, -0.15) is 0 Å². The lowest BCUT2D eigenvalue weighted by atomic mass is 9.95. The first-order valence-electron chi connectivity index (χ1n) is 5.75. The van der Waals surface area contributed by atoms with Gasteiger partial charge in [0.1, 0.15) is 6.29 Å². The SMILES string of the molecule is CC(C)c1cccc(NCC(C)(C)C=O)c1. The minimum absolute atomic E-state index is 0.312. The van der Waals surface area contributed by atoms with Crippen LogP contribution >= 0.6 is 0 Å². The molecule has 0 aliphatic carbocycles. The maximum absolute atomic E-state index is 10.8. The Morgan fingerprint density at radius 1 is 1.38 bits per heavy atom. The summed E-state index contributed by atoms with van der Waals surface area (Å²) in [6.45, 7) is 8.87. The molecule has 2 nitrogen and oxygen atoms in total. The third-order valence-electron chi connectivity index (χ3n) is 2.62. The van der Waals surface area contributed by atoms with Crippen LogP contribution in [-0.4, -0.2) is 12.8 Å². The predicted molar refractivity (Wildman–Crippen MR) is 68.9 cm³/mol. The van der Waals surface area contributed by atoms with E-state index in [2.05, 4.69) is 31.3 Å². The summed E-state index contributed by atoms with van der Waals surface area (Å²) in [4.78, 5) is 10.8. The van der Waals surface area contributed by atoms with Crippen molar-refractivity contribution in [1.29, 1.82) is 0 Å². The zero-order valence-electron chi connectivity index (χ0n) is 10.6. The van der Waals surface area contributed by atoms with Crippen LogP contribution < -0.4 is 5.32 Å². The van der Waals surface area contributed by atoms with Gasteiger partial charge in [-0.05, 0) is 23.6 Å². The number of aldehydes is 1. The van der Waals surface area contributed by atoms with Crippen LogP contribution in [0, 0.1) is 5.41 Å². The standard InChI is InChI=1S/C14H21NO/c1-11(2)12-6-5-7-13(8-12)15-9-14(3,4)10-16/h5-8,10-11,15H,9H2,1-4H3. The van der Waals surface area contributed by atoms with Crippen molar-refractivity contribution in [1.82, 2.24) is 0 Å². The minimum Gasteiger partial charge on any atom is -0.384 e. The molecule has 0 amide bonds. The fraction of sp³-hybridized carbons (Fsp3) is 0.500. The molecule has 1 rings (SSSR count). The molecule has 0 radical (unpaired) electrons. The van der Waals surface area contributed by atoms with Gasteiger partial charge in [0.25, 0.3) is 0 Å². The molecule has 0 heterocycles. The molecule has 0 saturated heterocycles. The molecular formula is C14H21NO. The fourth-order valence-electron chi connectivity index (χ4n) is 1.38. The lowest BCUT2D eigenvalue weighted by Crippen LogP contribution is -2.24. The van der Waals surface area contributed by atoms with Crippen LogP contribution in [0.25, 0.3) is 0 Å². The van der Waals surface area contributed by atoms with E-state index >= 15 is 0 Å². The number of hydrogen-bond acceptors (Lipinski definition) is 2. The second-order valence-electron chi connectivity index (χ2n) is 5.24. The number of hydrogen-bond donors (Lipinski definition) is 1. The summed E-state index contributed by atoms with van der Waals surface area (Å²) in [6.07, 6.45) is 0.992. The average Bonchev–Trinajstić information content (AvgIpc) is 2.27. The molecule has 0 aromatic heterocycles. The number of nitrogens with one attached hydrogen (secondary N) is 1. The van der Waals surface area contributed by atoms with Crippen LogP contribution in [0.2, 0.25) is 0 Å². The predicted octanol–water partition coefficient (Wildman–Crippen LogP) is 3.45. The van der Waals surface area contributed by atoms with Crippen molar-refractivity contribution in [2.24, 2.45) is 5.41 Å². The summed E-state index contributed by atoms with van der Waals surface area (Å²) in [5.41, 5.74) is 2.09. The van der Waals surface area contributed by atoms with Crippen LogP contribution in [0.4, 0.5) is 5.69 Å². The smallest absolute Gasteiger partial charge is 0.127 e. The summed E-state index contributed by atoms with van der Waals surface area (Å²) in [5.74, 6) is 0.529. The lowest BCUT2D eigenvalue weighted by molar-refractivity contribution is -0.114. The highest BCUT2D eigenvalue weighted by Gasteiger charge is 2.15. The summed E-state index contributed by atoms with van der Waals surface area (Å²) in [7, 11) is 0. The third kappa shape index (κ3) is 3.69. The Hall–Kier alpha value is -1.31. The van der Waals surface area contributed by atoms with Gasteiger partial charge in [-0.3, -0.25) is 0 Å². The van der Waals surface area contributed by atoms with E-state index < -0.39 is 0 Å². The van der Waals surface area contributed by atoms with E-state index in [1.54, 1.807) is 0 Å². The number of carbonyl (C=O) groups excluding carboxylic acids is 1. The molecule has 16 heavy (non-hydrogen) atoms. The van der Waals surface area contributed by atoms with E-state index in [0.29, 0.717) is 12.5 Å². The van der Waals surface area contributed by atoms with Crippen LogP contribution in [0.15, 0.2) is 24.3 Å². The molecule has 0 aliphatic heterocycles. The molecule has 0 bridgehead atoms. The van der Waals surface area contributed by atoms with E-state index in [1.165, 1.54) is 5.56 Å². The monoisotopic (exact) mass is 219 g/mol. The Morgan fingerprint density at radius 3 is 2.62 bits per heavy atom. The Balaban J connectivity index is 2.68. The summed E-state index contributed by atoms with van der Waals surface area (Å²) < 4.78 is 0. The van der Waals surface area contributed by atoms with Gasteiger partial charge in [0.2, 0.25) is 0 Å². The maximum Gasteiger partial charge on any atom is 0.127 e. The van der Waals surface area contributed by atoms with Crippen molar-refractivity contribution in [2.45, 2.75) is 33.6 Å². The van der Waals surface area contributed by atoms with Gasteiger partial charge in [0, 0.05) is 17.6 Å². The van der Waals surface area contributed by atoms with Crippen molar-refractivity contribution in [3.05, 3.63) is 29.8 Å². The fourth-order valence-corrected chi connectivity index (χ4v) is 1.38. The van der Waals surface area contributed by atoms with Gasteiger partial charge in [-0.15, -0.1) is 0 Å². The molecule has 88 valence electrons. The molecule has 0 spiro atoms. The zero-order valence-corrected chi connectivity index (χ0v) is 10.6. The Bertz CT molecular complexity index is 356. The summed E-state index contributed by atoms with van der Waals surface area (Å²) in [5, 5.41) is 3.30. The molecule has 1 aromatic rings. The van der Waals surface area contributed by atoms with Gasteiger partial charge >= 0.3 is 0 Å². The van der Waals surface area contributed by atoms with Crippen molar-refractivity contribution in [3.8, 4) is 0 Å². The van der Waals surface area contributed by atoms with Crippen LogP contribution in [0.3, 0.4) is 0 Å². The second-order valence-corrected chi connectivity index (χ2v) is 5.24. The first-order chi connectivity index (χ1) is 7.44. The van der Waals surface area contributed by atoms with Crippen molar-refractivity contribution < 1.29 is 4.79 Å². The molecule has 2 heteroatoms. The highest BCUT2D eigenvalue weighted by Crippen LogP contribution is 2.20. The van der Waals surface area contributed by atoms with Gasteiger partial charge in [0.05, 0.1) is 0 Å². The molecule has 0 saturated carbocycles. The Labute approximate surface area is 98.1 Å². The van der Waals surface area contributed by atoms with Gasteiger partial charge < -0.3 is 10.1 Å². The molecule has 1 aromatic carbocycles. The zero-order chi connectivity index (χ0) is 12.2. The van der Waals surface area contributed by atoms with E-state index in [1.807, 2.05) is 26.0 Å². The molecule has 0 atom stereocenters. The average molecular weight is 219 g/mol. The van der Waals surface area contributed by atoms with E-state index in [9.17, 15) is 4.79 Å². The Kier molecular flexibility index (Phi) is 4.11. The minimum atomic E-state index is -0.312. The number of anilines is 1. The first-order valence-corrected chi connectivity index (χ1v) is 5.75. The largest absolute Gasteiger partial charge is 0.384 e. The molecular weight excluding hydrogens is 198 g/mol. The van der Waals surface area contributed by atoms with E-state index in [-0.39, 0.29) is 5.41 Å². The van der Waals surface area contributed by atoms with Gasteiger partial charge in [0.15, 0.2) is 0 Å². The molecule has 0 unspecified atom stereocenters. The summed E-state index contributed by atoms with van der Waals surface area (Å²) in [6, 6.07) is 8.35. The maximum atomic E-state index is 10.8. The lowest BCUT2D eigenvalue weighted by Gasteiger charge is -2.18. The van der Waals surface area contributed by atoms with Gasteiger partial charge in [-0.1, -0.05) is 39.8 Å². The van der Waals surface area contributed by atoms with Crippen LogP contribution in [0.5, 0.6) is 0 Å². The quantitative estimate of drug-likeness (QED) is 0.768. The number of rotatable bonds is 5. The number of carbonyl (C=O) groups is 1. The first kappa shape index (κ1) is 12.8. The van der Waals surface area contributed by atoms with Crippen molar-refractivity contribution in [3.63, 3.8) is 0 Å². The second kappa shape index (κ2) is 5.15. The summed E-state index contributed by atoms with van der Waals surface area (Å²) >= 11 is 0. The molecule has 0 aliphatic rings. The highest BCUT2D eigenvalue weighted by atomic mass is 16.1. The molecule has 0 fully saturated rings. The number of benzene rings is 1.